The van der Waals surface area contributed by atoms with Crippen molar-refractivity contribution in [2.24, 2.45) is 0 Å². The number of rotatable bonds is 4. The first-order valence-corrected chi connectivity index (χ1v) is 4.86. The van der Waals surface area contributed by atoms with Gasteiger partial charge in [-0.15, -0.1) is 0 Å². The number of hydrogen-bond acceptors (Lipinski definition) is 2. The number of nitrogens with two attached hydrogens (primary N) is 1. The molecular formula is C10H15ClN2. The molecule has 0 atom stereocenters. The zero-order valence-corrected chi connectivity index (χ0v) is 8.56. The molecule has 3 N–H and O–H groups in total. The lowest BCUT2D eigenvalue weighted by Crippen LogP contribution is -2.13. The molecule has 2 nitrogen and oxygen atoms in total. The fourth-order valence-corrected chi connectivity index (χ4v) is 1.23. The molecule has 0 bridgehead atoms. The lowest BCUT2D eigenvalue weighted by Gasteiger charge is -2.04. The monoisotopic (exact) mass is 198 g/mol. The van der Waals surface area contributed by atoms with Crippen LogP contribution in [0.5, 0.6) is 0 Å². The maximum Gasteiger partial charge on any atom is 0.0635 e. The van der Waals surface area contributed by atoms with Crippen LogP contribution in [0.2, 0.25) is 5.02 Å². The minimum absolute atomic E-state index is 0.624. The summed E-state index contributed by atoms with van der Waals surface area (Å²) in [5, 5.41) is 3.92. The van der Waals surface area contributed by atoms with E-state index in [0.717, 1.165) is 19.5 Å². The second-order valence-electron chi connectivity index (χ2n) is 3.03. The topological polar surface area (TPSA) is 38.0 Å². The molecule has 0 aliphatic carbocycles. The third-order valence-electron chi connectivity index (χ3n) is 1.82. The van der Waals surface area contributed by atoms with Crippen LogP contribution in [0.3, 0.4) is 0 Å². The molecule has 0 aromatic heterocycles. The Balaban J connectivity index is 2.53. The van der Waals surface area contributed by atoms with Gasteiger partial charge in [-0.3, -0.25) is 0 Å². The molecule has 0 aliphatic heterocycles. The largest absolute Gasteiger partial charge is 0.398 e. The first kappa shape index (κ1) is 10.4. The standard InChI is InChI=1S/C10H15ClN2/c1-2-5-13-7-8-3-4-9(11)10(12)6-8/h3-4,6,13H,2,5,7,12H2,1H3. The van der Waals surface area contributed by atoms with Gasteiger partial charge in [-0.25, -0.2) is 0 Å². The minimum Gasteiger partial charge on any atom is -0.398 e. The van der Waals surface area contributed by atoms with Crippen molar-refractivity contribution >= 4 is 17.3 Å². The summed E-state index contributed by atoms with van der Waals surface area (Å²) < 4.78 is 0. The van der Waals surface area contributed by atoms with Crippen LogP contribution < -0.4 is 11.1 Å². The van der Waals surface area contributed by atoms with Crippen LogP contribution in [0.15, 0.2) is 18.2 Å². The average Bonchev–Trinajstić information content (AvgIpc) is 2.12. The zero-order valence-electron chi connectivity index (χ0n) is 7.81. The Kier molecular flexibility index (Phi) is 4.06. The maximum absolute atomic E-state index is 5.80. The second-order valence-corrected chi connectivity index (χ2v) is 3.44. The highest BCUT2D eigenvalue weighted by Crippen LogP contribution is 2.19. The zero-order chi connectivity index (χ0) is 9.68. The Hall–Kier alpha value is -0.730. The summed E-state index contributed by atoms with van der Waals surface area (Å²) in [5.74, 6) is 0. The lowest BCUT2D eigenvalue weighted by atomic mass is 10.2. The van der Waals surface area contributed by atoms with Crippen molar-refractivity contribution in [3.8, 4) is 0 Å². The van der Waals surface area contributed by atoms with Crippen molar-refractivity contribution in [3.05, 3.63) is 28.8 Å². The molecule has 0 aliphatic rings. The van der Waals surface area contributed by atoms with Crippen LogP contribution in [0.1, 0.15) is 18.9 Å². The molecular weight excluding hydrogens is 184 g/mol. The molecule has 0 spiro atoms. The van der Waals surface area contributed by atoms with E-state index in [2.05, 4.69) is 12.2 Å². The molecule has 3 heteroatoms. The van der Waals surface area contributed by atoms with Gasteiger partial charge in [0.15, 0.2) is 0 Å². The molecule has 0 radical (unpaired) electrons. The van der Waals surface area contributed by atoms with E-state index >= 15 is 0 Å². The van der Waals surface area contributed by atoms with E-state index in [1.807, 2.05) is 18.2 Å². The fraction of sp³-hybridized carbons (Fsp3) is 0.400. The molecule has 0 heterocycles. The first-order chi connectivity index (χ1) is 6.24. The summed E-state index contributed by atoms with van der Waals surface area (Å²) in [6.07, 6.45) is 1.14. The third kappa shape index (κ3) is 3.25. The van der Waals surface area contributed by atoms with Gasteiger partial charge in [-0.1, -0.05) is 24.6 Å². The Morgan fingerprint density at radius 1 is 1.46 bits per heavy atom. The quantitative estimate of drug-likeness (QED) is 0.576. The number of nitrogen functional groups attached to an aromatic ring is 1. The first-order valence-electron chi connectivity index (χ1n) is 4.48. The smallest absolute Gasteiger partial charge is 0.0635 e. The third-order valence-corrected chi connectivity index (χ3v) is 2.16. The molecule has 13 heavy (non-hydrogen) atoms. The summed E-state index contributed by atoms with van der Waals surface area (Å²) in [6.45, 7) is 4.03. The van der Waals surface area contributed by atoms with Crippen LogP contribution >= 0.6 is 11.6 Å². The van der Waals surface area contributed by atoms with Crippen molar-refractivity contribution in [1.82, 2.24) is 5.32 Å². The SMILES string of the molecule is CCCNCc1ccc(Cl)c(N)c1. The molecule has 72 valence electrons. The van der Waals surface area contributed by atoms with Crippen LogP contribution in [0.25, 0.3) is 0 Å². The van der Waals surface area contributed by atoms with Crippen LogP contribution in [-0.4, -0.2) is 6.54 Å². The highest BCUT2D eigenvalue weighted by molar-refractivity contribution is 6.33. The molecule has 1 aromatic carbocycles. The van der Waals surface area contributed by atoms with Crippen molar-refractivity contribution in [1.29, 1.82) is 0 Å². The van der Waals surface area contributed by atoms with Gasteiger partial charge in [0.25, 0.3) is 0 Å². The van der Waals surface area contributed by atoms with Gasteiger partial charge >= 0.3 is 0 Å². The van der Waals surface area contributed by atoms with E-state index in [1.165, 1.54) is 5.56 Å². The average molecular weight is 199 g/mol. The van der Waals surface area contributed by atoms with E-state index in [0.29, 0.717) is 10.7 Å². The number of anilines is 1. The molecule has 0 fully saturated rings. The summed E-state index contributed by atoms with van der Waals surface area (Å²) >= 11 is 5.80. The summed E-state index contributed by atoms with van der Waals surface area (Å²) in [5.41, 5.74) is 7.49. The van der Waals surface area contributed by atoms with E-state index in [4.69, 9.17) is 17.3 Å². The van der Waals surface area contributed by atoms with E-state index < -0.39 is 0 Å². The van der Waals surface area contributed by atoms with Crippen molar-refractivity contribution in [2.75, 3.05) is 12.3 Å². The Bertz CT molecular complexity index is 274. The Morgan fingerprint density at radius 2 is 2.23 bits per heavy atom. The number of benzene rings is 1. The summed E-state index contributed by atoms with van der Waals surface area (Å²) in [7, 11) is 0. The van der Waals surface area contributed by atoms with Gasteiger partial charge in [-0.05, 0) is 30.7 Å². The van der Waals surface area contributed by atoms with Crippen molar-refractivity contribution < 1.29 is 0 Å². The summed E-state index contributed by atoms with van der Waals surface area (Å²) in [6, 6.07) is 5.73. The molecule has 0 saturated carbocycles. The van der Waals surface area contributed by atoms with Gasteiger partial charge in [0, 0.05) is 6.54 Å². The molecule has 0 unspecified atom stereocenters. The van der Waals surface area contributed by atoms with Crippen LogP contribution in [0.4, 0.5) is 5.69 Å². The predicted octanol–water partition coefficient (Wildman–Crippen LogP) is 2.42. The number of nitrogens with one attached hydrogen (secondary N) is 1. The normalized spacial score (nSPS) is 10.3. The fourth-order valence-electron chi connectivity index (χ4n) is 1.11. The number of hydrogen-bond donors (Lipinski definition) is 2. The van der Waals surface area contributed by atoms with Gasteiger partial charge in [0.05, 0.1) is 10.7 Å². The van der Waals surface area contributed by atoms with Gasteiger partial charge in [0.1, 0.15) is 0 Å². The van der Waals surface area contributed by atoms with Crippen molar-refractivity contribution in [2.45, 2.75) is 19.9 Å². The van der Waals surface area contributed by atoms with E-state index in [1.54, 1.807) is 0 Å². The van der Waals surface area contributed by atoms with Crippen molar-refractivity contribution in [3.63, 3.8) is 0 Å². The van der Waals surface area contributed by atoms with Gasteiger partial charge in [0.2, 0.25) is 0 Å². The second kappa shape index (κ2) is 5.10. The molecule has 1 rings (SSSR count). The Labute approximate surface area is 84.1 Å². The van der Waals surface area contributed by atoms with Gasteiger partial charge < -0.3 is 11.1 Å². The highest BCUT2D eigenvalue weighted by Gasteiger charge is 1.97. The van der Waals surface area contributed by atoms with Gasteiger partial charge in [-0.2, -0.15) is 0 Å². The predicted molar refractivity (Wildman–Crippen MR) is 57.9 cm³/mol. The number of halogens is 1. The lowest BCUT2D eigenvalue weighted by molar-refractivity contribution is 0.675. The molecule has 0 amide bonds. The summed E-state index contributed by atoms with van der Waals surface area (Å²) in [4.78, 5) is 0. The minimum atomic E-state index is 0.624. The van der Waals surface area contributed by atoms with Crippen LogP contribution in [-0.2, 0) is 6.54 Å². The molecule has 1 aromatic rings. The molecule has 0 saturated heterocycles. The van der Waals surface area contributed by atoms with E-state index in [9.17, 15) is 0 Å². The van der Waals surface area contributed by atoms with E-state index in [-0.39, 0.29) is 0 Å². The van der Waals surface area contributed by atoms with Crippen LogP contribution in [0, 0.1) is 0 Å². The Morgan fingerprint density at radius 3 is 2.85 bits per heavy atom. The highest BCUT2D eigenvalue weighted by atomic mass is 35.5. The maximum atomic E-state index is 5.80.